The molecule has 1 atom stereocenters. The van der Waals surface area contributed by atoms with Crippen LogP contribution in [0, 0.1) is 6.92 Å². The molecular weight excluding hydrogens is 308 g/mol. The Labute approximate surface area is 140 Å². The van der Waals surface area contributed by atoms with Crippen molar-refractivity contribution in [3.8, 4) is 0 Å². The molecule has 0 aromatic carbocycles. The molecular formula is C16H20N6O2. The van der Waals surface area contributed by atoms with Crippen LogP contribution in [0.15, 0.2) is 24.7 Å². The van der Waals surface area contributed by atoms with Crippen molar-refractivity contribution < 1.29 is 9.53 Å². The third kappa shape index (κ3) is 3.65. The second kappa shape index (κ2) is 7.31. The minimum atomic E-state index is -0.0447. The molecule has 1 aliphatic rings. The van der Waals surface area contributed by atoms with Gasteiger partial charge in [-0.25, -0.2) is 15.0 Å². The van der Waals surface area contributed by atoms with E-state index in [-0.39, 0.29) is 18.6 Å². The Morgan fingerprint density at radius 2 is 2.25 bits per heavy atom. The van der Waals surface area contributed by atoms with Gasteiger partial charge in [0, 0.05) is 32.1 Å². The molecule has 126 valence electrons. The predicted molar refractivity (Wildman–Crippen MR) is 87.6 cm³/mol. The topological polar surface area (TPSA) is 93.1 Å². The first-order valence-electron chi connectivity index (χ1n) is 7.84. The smallest absolute Gasteiger partial charge is 0.249 e. The van der Waals surface area contributed by atoms with Crippen LogP contribution in [0.25, 0.3) is 0 Å². The zero-order valence-electron chi connectivity index (χ0n) is 13.8. The first kappa shape index (κ1) is 16.3. The monoisotopic (exact) mass is 328 g/mol. The quantitative estimate of drug-likeness (QED) is 0.891. The Balaban J connectivity index is 1.84. The van der Waals surface area contributed by atoms with Crippen molar-refractivity contribution in [1.82, 2.24) is 24.8 Å². The molecule has 1 N–H and O–H groups in total. The Bertz CT molecular complexity index is 709. The Kier molecular flexibility index (Phi) is 4.95. The van der Waals surface area contributed by atoms with Gasteiger partial charge in [0.15, 0.2) is 0 Å². The Morgan fingerprint density at radius 1 is 1.38 bits per heavy atom. The number of aryl methyl sites for hydroxylation is 1. The van der Waals surface area contributed by atoms with Gasteiger partial charge in [0.05, 0.1) is 17.9 Å². The van der Waals surface area contributed by atoms with Crippen LogP contribution in [0.4, 0.5) is 11.6 Å². The van der Waals surface area contributed by atoms with E-state index in [1.165, 1.54) is 7.11 Å². The third-order valence-corrected chi connectivity index (χ3v) is 3.86. The third-order valence-electron chi connectivity index (χ3n) is 3.86. The Morgan fingerprint density at radius 3 is 3.00 bits per heavy atom. The number of aromatic nitrogens is 4. The molecule has 0 saturated carbocycles. The summed E-state index contributed by atoms with van der Waals surface area (Å²) in [6, 6.07) is 1.82. The van der Waals surface area contributed by atoms with Crippen molar-refractivity contribution in [2.75, 3.05) is 25.6 Å². The largest absolute Gasteiger partial charge is 0.375 e. The molecule has 8 nitrogen and oxygen atoms in total. The summed E-state index contributed by atoms with van der Waals surface area (Å²) < 4.78 is 4.98. The molecule has 1 unspecified atom stereocenters. The van der Waals surface area contributed by atoms with Gasteiger partial charge < -0.3 is 15.0 Å². The van der Waals surface area contributed by atoms with E-state index in [1.807, 2.05) is 17.9 Å². The number of ether oxygens (including phenoxy) is 1. The van der Waals surface area contributed by atoms with Crippen LogP contribution in [0.2, 0.25) is 0 Å². The van der Waals surface area contributed by atoms with E-state index in [2.05, 4.69) is 25.3 Å². The first-order valence-corrected chi connectivity index (χ1v) is 7.84. The van der Waals surface area contributed by atoms with Gasteiger partial charge in [0.1, 0.15) is 24.1 Å². The first-order chi connectivity index (χ1) is 11.7. The van der Waals surface area contributed by atoms with E-state index in [0.29, 0.717) is 17.5 Å². The van der Waals surface area contributed by atoms with Crippen molar-refractivity contribution in [2.45, 2.75) is 25.8 Å². The number of amides is 1. The second-order valence-electron chi connectivity index (χ2n) is 5.62. The minimum Gasteiger partial charge on any atom is -0.375 e. The number of carbonyl (C=O) groups is 1. The number of nitrogens with zero attached hydrogens (tertiary/aromatic N) is 5. The maximum atomic E-state index is 12.2. The fraction of sp³-hybridized carbons (Fsp3) is 0.438. The fourth-order valence-corrected chi connectivity index (χ4v) is 2.90. The number of carbonyl (C=O) groups excluding carboxylic acids is 1. The van der Waals surface area contributed by atoms with Gasteiger partial charge in [-0.05, 0) is 19.8 Å². The molecule has 3 rings (SSSR count). The van der Waals surface area contributed by atoms with Crippen molar-refractivity contribution in [2.24, 2.45) is 0 Å². The molecule has 0 aliphatic carbocycles. The van der Waals surface area contributed by atoms with Gasteiger partial charge in [0.25, 0.3) is 0 Å². The van der Waals surface area contributed by atoms with Crippen LogP contribution in [-0.4, -0.2) is 51.0 Å². The highest BCUT2D eigenvalue weighted by Crippen LogP contribution is 2.32. The van der Waals surface area contributed by atoms with Crippen LogP contribution in [0.3, 0.4) is 0 Å². The number of rotatable bonds is 5. The molecule has 8 heteroatoms. The molecule has 0 radical (unpaired) electrons. The maximum Gasteiger partial charge on any atom is 0.249 e. The molecule has 2 aromatic rings. The van der Waals surface area contributed by atoms with Crippen LogP contribution >= 0.6 is 0 Å². The summed E-state index contributed by atoms with van der Waals surface area (Å²) >= 11 is 0. The Hall–Kier alpha value is -2.61. The molecule has 2 aromatic heterocycles. The normalized spacial score (nSPS) is 17.1. The highest BCUT2D eigenvalue weighted by Gasteiger charge is 2.31. The highest BCUT2D eigenvalue weighted by molar-refractivity contribution is 5.78. The van der Waals surface area contributed by atoms with Gasteiger partial charge in [-0.2, -0.15) is 0 Å². The van der Waals surface area contributed by atoms with Crippen LogP contribution in [0.5, 0.6) is 0 Å². The van der Waals surface area contributed by atoms with Gasteiger partial charge in [-0.15, -0.1) is 0 Å². The van der Waals surface area contributed by atoms with Crippen molar-refractivity contribution in [3.05, 3.63) is 36.2 Å². The lowest BCUT2D eigenvalue weighted by Crippen LogP contribution is -2.33. The van der Waals surface area contributed by atoms with Gasteiger partial charge in [-0.1, -0.05) is 0 Å². The summed E-state index contributed by atoms with van der Waals surface area (Å²) in [5.74, 6) is 1.88. The van der Waals surface area contributed by atoms with Gasteiger partial charge >= 0.3 is 0 Å². The highest BCUT2D eigenvalue weighted by atomic mass is 16.5. The minimum absolute atomic E-state index is 0.0142. The number of methoxy groups -OCH3 is 1. The average molecular weight is 328 g/mol. The average Bonchev–Trinajstić information content (AvgIpc) is 3.05. The number of anilines is 2. The molecule has 1 fully saturated rings. The number of nitrogens with one attached hydrogen (secondary N) is 1. The number of hydrogen-bond donors (Lipinski definition) is 1. The zero-order chi connectivity index (χ0) is 16.9. The predicted octanol–water partition coefficient (Wildman–Crippen LogP) is 1.63. The van der Waals surface area contributed by atoms with Gasteiger partial charge in [0.2, 0.25) is 5.91 Å². The molecule has 1 aliphatic heterocycles. The molecule has 1 amide bonds. The number of hydrogen-bond acceptors (Lipinski definition) is 7. The van der Waals surface area contributed by atoms with E-state index in [1.54, 1.807) is 18.6 Å². The SMILES string of the molecule is COCC(=O)N1CCCC1c1cc(Nc2cnccn2)nc(C)n1. The number of likely N-dealkylation sites (tertiary alicyclic amines) is 1. The van der Waals surface area contributed by atoms with Crippen molar-refractivity contribution in [3.63, 3.8) is 0 Å². The summed E-state index contributed by atoms with van der Waals surface area (Å²) in [6.45, 7) is 2.65. The maximum absolute atomic E-state index is 12.2. The van der Waals surface area contributed by atoms with Crippen LogP contribution < -0.4 is 5.32 Å². The van der Waals surface area contributed by atoms with E-state index in [9.17, 15) is 4.79 Å². The van der Waals surface area contributed by atoms with Gasteiger partial charge in [-0.3, -0.25) is 9.78 Å². The van der Waals surface area contributed by atoms with Crippen molar-refractivity contribution in [1.29, 1.82) is 0 Å². The summed E-state index contributed by atoms with van der Waals surface area (Å²) in [7, 11) is 1.53. The fourth-order valence-electron chi connectivity index (χ4n) is 2.90. The molecule has 0 spiro atoms. The zero-order valence-corrected chi connectivity index (χ0v) is 13.8. The summed E-state index contributed by atoms with van der Waals surface area (Å²) in [5, 5.41) is 3.12. The summed E-state index contributed by atoms with van der Waals surface area (Å²) in [5.41, 5.74) is 0.829. The lowest BCUT2D eigenvalue weighted by atomic mass is 10.1. The summed E-state index contributed by atoms with van der Waals surface area (Å²) in [6.07, 6.45) is 6.69. The molecule has 3 heterocycles. The van der Waals surface area contributed by atoms with E-state index >= 15 is 0 Å². The van der Waals surface area contributed by atoms with E-state index < -0.39 is 0 Å². The summed E-state index contributed by atoms with van der Waals surface area (Å²) in [4.78, 5) is 31.2. The van der Waals surface area contributed by atoms with Crippen molar-refractivity contribution >= 4 is 17.5 Å². The lowest BCUT2D eigenvalue weighted by molar-refractivity contribution is -0.136. The van der Waals surface area contributed by atoms with Crippen LogP contribution in [-0.2, 0) is 9.53 Å². The second-order valence-corrected chi connectivity index (χ2v) is 5.62. The molecule has 0 bridgehead atoms. The molecule has 24 heavy (non-hydrogen) atoms. The van der Waals surface area contributed by atoms with E-state index in [0.717, 1.165) is 25.1 Å². The standard InChI is InChI=1S/C16H20N6O2/c1-11-19-12(13-4-3-7-22(13)16(23)10-24-2)8-14(20-11)21-15-9-17-5-6-18-15/h5-6,8-9,13H,3-4,7,10H2,1-2H3,(H,18,19,20,21). The lowest BCUT2D eigenvalue weighted by Gasteiger charge is -2.24. The molecule has 1 saturated heterocycles. The van der Waals surface area contributed by atoms with Crippen LogP contribution in [0.1, 0.15) is 30.4 Å². The van der Waals surface area contributed by atoms with E-state index in [4.69, 9.17) is 4.74 Å².